The van der Waals surface area contributed by atoms with Crippen molar-refractivity contribution in [1.29, 1.82) is 0 Å². The Morgan fingerprint density at radius 2 is 1.71 bits per heavy atom. The maximum absolute atomic E-state index is 12.4. The molecule has 2 aromatic carbocycles. The lowest BCUT2D eigenvalue weighted by molar-refractivity contribution is -0.153. The molecule has 0 bridgehead atoms. The van der Waals surface area contributed by atoms with Gasteiger partial charge in [-0.15, -0.1) is 0 Å². The van der Waals surface area contributed by atoms with E-state index in [2.05, 4.69) is 0 Å². The van der Waals surface area contributed by atoms with E-state index in [9.17, 15) is 14.7 Å². The standard InChI is InChI=1S/C23H28O5/c1-16-6-7-17(2)21(14-16)27-13-5-12-23(3,4)22(26)28-15-20(25)18-8-10-19(24)11-9-18/h6-11,14,24H,5,12-13,15H2,1-4H3. The number of hydrogen-bond donors (Lipinski definition) is 1. The number of benzene rings is 2. The van der Waals surface area contributed by atoms with Gasteiger partial charge in [0.1, 0.15) is 11.5 Å². The molecular weight excluding hydrogens is 356 g/mol. The van der Waals surface area contributed by atoms with E-state index in [1.807, 2.05) is 32.0 Å². The minimum absolute atomic E-state index is 0.0813. The van der Waals surface area contributed by atoms with Gasteiger partial charge in [-0.2, -0.15) is 0 Å². The van der Waals surface area contributed by atoms with Crippen molar-refractivity contribution in [2.45, 2.75) is 40.5 Å². The van der Waals surface area contributed by atoms with Gasteiger partial charge in [0.2, 0.25) is 0 Å². The first kappa shape index (κ1) is 21.5. The lowest BCUT2D eigenvalue weighted by Gasteiger charge is -2.22. The van der Waals surface area contributed by atoms with Gasteiger partial charge in [0.15, 0.2) is 12.4 Å². The van der Waals surface area contributed by atoms with Crippen molar-refractivity contribution >= 4 is 11.8 Å². The minimum atomic E-state index is -0.708. The Balaban J connectivity index is 1.78. The van der Waals surface area contributed by atoms with Crippen LogP contribution in [0.25, 0.3) is 0 Å². The van der Waals surface area contributed by atoms with Crippen molar-refractivity contribution in [2.24, 2.45) is 5.41 Å². The summed E-state index contributed by atoms with van der Waals surface area (Å²) in [5.74, 6) is 0.228. The lowest BCUT2D eigenvalue weighted by Crippen LogP contribution is -2.29. The highest BCUT2D eigenvalue weighted by molar-refractivity contribution is 5.98. The van der Waals surface area contributed by atoms with Gasteiger partial charge in [0.05, 0.1) is 12.0 Å². The van der Waals surface area contributed by atoms with Crippen LogP contribution in [0.15, 0.2) is 42.5 Å². The Labute approximate surface area is 166 Å². The zero-order chi connectivity index (χ0) is 20.7. The van der Waals surface area contributed by atoms with E-state index in [0.29, 0.717) is 25.0 Å². The van der Waals surface area contributed by atoms with Crippen LogP contribution in [0.4, 0.5) is 0 Å². The average Bonchev–Trinajstić information content (AvgIpc) is 2.66. The second-order valence-electron chi connectivity index (χ2n) is 7.65. The van der Waals surface area contributed by atoms with E-state index < -0.39 is 11.4 Å². The SMILES string of the molecule is Cc1ccc(C)c(OCCCC(C)(C)C(=O)OCC(=O)c2ccc(O)cc2)c1. The molecule has 0 aromatic heterocycles. The van der Waals surface area contributed by atoms with E-state index >= 15 is 0 Å². The molecule has 0 spiro atoms. The first-order valence-corrected chi connectivity index (χ1v) is 9.38. The third-order valence-electron chi connectivity index (χ3n) is 4.62. The molecule has 1 N–H and O–H groups in total. The van der Waals surface area contributed by atoms with Gasteiger partial charge in [-0.05, 0) is 82.0 Å². The van der Waals surface area contributed by atoms with Crippen molar-refractivity contribution < 1.29 is 24.2 Å². The summed E-state index contributed by atoms with van der Waals surface area (Å²) in [6.07, 6.45) is 1.28. The Morgan fingerprint density at radius 3 is 2.39 bits per heavy atom. The smallest absolute Gasteiger partial charge is 0.311 e. The fourth-order valence-corrected chi connectivity index (χ4v) is 2.72. The van der Waals surface area contributed by atoms with Crippen molar-refractivity contribution in [3.8, 4) is 11.5 Å². The largest absolute Gasteiger partial charge is 0.508 e. The summed E-state index contributed by atoms with van der Waals surface area (Å²) in [5, 5.41) is 9.26. The molecule has 0 heterocycles. The summed E-state index contributed by atoms with van der Waals surface area (Å²) >= 11 is 0. The lowest BCUT2D eigenvalue weighted by atomic mass is 9.88. The van der Waals surface area contributed by atoms with Crippen LogP contribution in [0.3, 0.4) is 0 Å². The molecule has 2 rings (SSSR count). The molecule has 0 atom stereocenters. The number of aromatic hydroxyl groups is 1. The van der Waals surface area contributed by atoms with Crippen molar-refractivity contribution in [3.05, 3.63) is 59.2 Å². The van der Waals surface area contributed by atoms with Gasteiger partial charge in [0.25, 0.3) is 0 Å². The number of rotatable bonds is 9. The summed E-state index contributed by atoms with van der Waals surface area (Å²) < 4.78 is 11.0. The molecule has 0 aliphatic heterocycles. The number of phenols is 1. The van der Waals surface area contributed by atoms with Crippen LogP contribution in [0.1, 0.15) is 48.2 Å². The van der Waals surface area contributed by atoms with E-state index in [1.54, 1.807) is 13.8 Å². The molecule has 0 radical (unpaired) electrons. The normalized spacial score (nSPS) is 11.1. The molecule has 2 aromatic rings. The summed E-state index contributed by atoms with van der Waals surface area (Å²) in [4.78, 5) is 24.4. The molecule has 0 amide bonds. The minimum Gasteiger partial charge on any atom is -0.508 e. The third-order valence-corrected chi connectivity index (χ3v) is 4.62. The molecule has 0 saturated carbocycles. The Kier molecular flexibility index (Phi) is 7.21. The molecule has 5 nitrogen and oxygen atoms in total. The van der Waals surface area contributed by atoms with Crippen molar-refractivity contribution in [3.63, 3.8) is 0 Å². The Hall–Kier alpha value is -2.82. The van der Waals surface area contributed by atoms with Gasteiger partial charge >= 0.3 is 5.97 Å². The average molecular weight is 384 g/mol. The van der Waals surface area contributed by atoms with E-state index in [1.165, 1.54) is 24.3 Å². The molecule has 0 unspecified atom stereocenters. The van der Waals surface area contributed by atoms with E-state index in [-0.39, 0.29) is 18.1 Å². The van der Waals surface area contributed by atoms with Crippen LogP contribution < -0.4 is 4.74 Å². The summed E-state index contributed by atoms with van der Waals surface area (Å²) in [7, 11) is 0. The Bertz CT molecular complexity index is 821. The van der Waals surface area contributed by atoms with Crippen molar-refractivity contribution in [2.75, 3.05) is 13.2 Å². The Morgan fingerprint density at radius 1 is 1.04 bits per heavy atom. The highest BCUT2D eigenvalue weighted by atomic mass is 16.5. The zero-order valence-corrected chi connectivity index (χ0v) is 17.0. The second-order valence-corrected chi connectivity index (χ2v) is 7.65. The predicted octanol–water partition coefficient (Wildman–Crippen LogP) is 4.62. The molecule has 0 aliphatic rings. The van der Waals surface area contributed by atoms with Crippen LogP contribution in [0.2, 0.25) is 0 Å². The second kappa shape index (κ2) is 9.40. The number of aryl methyl sites for hydroxylation is 2. The van der Waals surface area contributed by atoms with Crippen LogP contribution in [-0.2, 0) is 9.53 Å². The first-order chi connectivity index (χ1) is 13.2. The maximum Gasteiger partial charge on any atom is 0.311 e. The maximum atomic E-state index is 12.4. The van der Waals surface area contributed by atoms with Crippen LogP contribution in [0.5, 0.6) is 11.5 Å². The van der Waals surface area contributed by atoms with Gasteiger partial charge in [-0.25, -0.2) is 0 Å². The molecule has 0 saturated heterocycles. The van der Waals surface area contributed by atoms with Gasteiger partial charge < -0.3 is 14.6 Å². The van der Waals surface area contributed by atoms with Gasteiger partial charge in [-0.3, -0.25) is 9.59 Å². The number of hydrogen-bond acceptors (Lipinski definition) is 5. The van der Waals surface area contributed by atoms with Crippen LogP contribution >= 0.6 is 0 Å². The highest BCUT2D eigenvalue weighted by Crippen LogP contribution is 2.25. The summed E-state index contributed by atoms with van der Waals surface area (Å²) in [6.45, 7) is 7.82. The number of ether oxygens (including phenoxy) is 2. The predicted molar refractivity (Wildman–Crippen MR) is 108 cm³/mol. The number of carbonyl (C=O) groups is 2. The monoisotopic (exact) mass is 384 g/mol. The van der Waals surface area contributed by atoms with Crippen LogP contribution in [0, 0.1) is 19.3 Å². The zero-order valence-electron chi connectivity index (χ0n) is 17.0. The molecule has 5 heteroatoms. The number of Topliss-reactive ketones (excluding diaryl/α,β-unsaturated/α-hetero) is 1. The number of esters is 1. The molecular formula is C23H28O5. The third kappa shape index (κ3) is 6.12. The fraction of sp³-hybridized carbons (Fsp3) is 0.391. The van der Waals surface area contributed by atoms with Crippen molar-refractivity contribution in [1.82, 2.24) is 0 Å². The highest BCUT2D eigenvalue weighted by Gasteiger charge is 2.29. The van der Waals surface area contributed by atoms with E-state index in [4.69, 9.17) is 9.47 Å². The first-order valence-electron chi connectivity index (χ1n) is 9.38. The molecule has 28 heavy (non-hydrogen) atoms. The fourth-order valence-electron chi connectivity index (χ4n) is 2.72. The molecule has 150 valence electrons. The number of ketones is 1. The van der Waals surface area contributed by atoms with E-state index in [0.717, 1.165) is 16.9 Å². The number of carbonyl (C=O) groups excluding carboxylic acids is 2. The summed E-state index contributed by atoms with van der Waals surface area (Å²) in [5.41, 5.74) is 1.91. The molecule has 0 aliphatic carbocycles. The summed E-state index contributed by atoms with van der Waals surface area (Å²) in [6, 6.07) is 11.9. The topological polar surface area (TPSA) is 72.8 Å². The van der Waals surface area contributed by atoms with Gasteiger partial charge in [0, 0.05) is 5.56 Å². The van der Waals surface area contributed by atoms with Gasteiger partial charge in [-0.1, -0.05) is 12.1 Å². The quantitative estimate of drug-likeness (QED) is 0.388. The van der Waals surface area contributed by atoms with Crippen LogP contribution in [-0.4, -0.2) is 30.1 Å². The number of phenolic OH excluding ortho intramolecular Hbond substituents is 1. The molecule has 0 fully saturated rings.